The monoisotopic (exact) mass is 666 g/mol. The van der Waals surface area contributed by atoms with Gasteiger partial charge in [-0.15, -0.1) is 0 Å². The molecule has 2 unspecified atom stereocenters. The van der Waals surface area contributed by atoms with E-state index in [4.69, 9.17) is 4.74 Å². The number of hydrogen-bond acceptors (Lipinski definition) is 6. The molecular formula is C43H54O6. The molecule has 6 rings (SSSR count). The van der Waals surface area contributed by atoms with Crippen LogP contribution in [0.4, 0.5) is 0 Å². The smallest absolute Gasteiger partial charge is 0.194 e. The highest BCUT2D eigenvalue weighted by molar-refractivity contribution is 6.04. The summed E-state index contributed by atoms with van der Waals surface area (Å²) < 4.78 is 5.81. The van der Waals surface area contributed by atoms with E-state index in [1.54, 1.807) is 19.2 Å². The average Bonchev–Trinajstić information content (AvgIpc) is 3.13. The highest BCUT2D eigenvalue weighted by Gasteiger charge is 2.43. The molecule has 0 saturated heterocycles. The summed E-state index contributed by atoms with van der Waals surface area (Å²) in [5.41, 5.74) is 1.56. The quantitative estimate of drug-likeness (QED) is 0.234. The zero-order valence-electron chi connectivity index (χ0n) is 29.5. The fourth-order valence-corrected chi connectivity index (χ4v) is 8.97. The SMILES string of the molecule is COC1(C(=O)c2ccc(CC3C=CC(Cc4ccc(C(=O)C5(O)CCCCC5)cc4)=C(C(=O)C4(O)CCCCC4)C3C)cc2)CCCCC1. The van der Waals surface area contributed by atoms with Crippen molar-refractivity contribution in [2.75, 3.05) is 7.11 Å². The van der Waals surface area contributed by atoms with Crippen LogP contribution in [0.1, 0.15) is 135 Å². The maximum atomic E-state index is 14.3. The predicted molar refractivity (Wildman–Crippen MR) is 192 cm³/mol. The number of Topliss-reactive ketones (excluding diaryl/α,β-unsaturated/α-hetero) is 3. The Morgan fingerprint density at radius 2 is 1.12 bits per heavy atom. The van der Waals surface area contributed by atoms with E-state index in [0.717, 1.165) is 87.3 Å². The Kier molecular flexibility index (Phi) is 10.9. The Balaban J connectivity index is 1.21. The molecule has 4 aliphatic rings. The molecule has 2 atom stereocenters. The van der Waals surface area contributed by atoms with E-state index in [2.05, 4.69) is 19.1 Å². The molecule has 2 aromatic carbocycles. The molecule has 6 heteroatoms. The topological polar surface area (TPSA) is 101 Å². The summed E-state index contributed by atoms with van der Waals surface area (Å²) in [6.07, 6.45) is 17.7. The lowest BCUT2D eigenvalue weighted by atomic mass is 9.69. The van der Waals surface area contributed by atoms with Gasteiger partial charge in [-0.05, 0) is 79.9 Å². The third-order valence-electron chi connectivity index (χ3n) is 12.2. The molecule has 6 nitrogen and oxygen atoms in total. The molecule has 0 spiro atoms. The van der Waals surface area contributed by atoms with Crippen LogP contribution in [0.5, 0.6) is 0 Å². The lowest BCUT2D eigenvalue weighted by Gasteiger charge is -2.36. The summed E-state index contributed by atoms with van der Waals surface area (Å²) in [7, 11) is 1.65. The van der Waals surface area contributed by atoms with Gasteiger partial charge in [0.1, 0.15) is 16.8 Å². The van der Waals surface area contributed by atoms with Crippen molar-refractivity contribution in [3.05, 3.63) is 94.1 Å². The minimum Gasteiger partial charge on any atom is -0.382 e. The van der Waals surface area contributed by atoms with Crippen molar-refractivity contribution < 1.29 is 29.3 Å². The van der Waals surface area contributed by atoms with Crippen LogP contribution in [0.15, 0.2) is 71.8 Å². The van der Waals surface area contributed by atoms with Crippen LogP contribution >= 0.6 is 0 Å². The van der Waals surface area contributed by atoms with E-state index in [1.807, 2.05) is 36.4 Å². The van der Waals surface area contributed by atoms with Crippen LogP contribution in [0, 0.1) is 11.8 Å². The van der Waals surface area contributed by atoms with Gasteiger partial charge in [0.2, 0.25) is 0 Å². The van der Waals surface area contributed by atoms with Gasteiger partial charge < -0.3 is 14.9 Å². The van der Waals surface area contributed by atoms with E-state index < -0.39 is 16.8 Å². The lowest BCUT2D eigenvalue weighted by Crippen LogP contribution is -2.44. The summed E-state index contributed by atoms with van der Waals surface area (Å²) in [4.78, 5) is 41.0. The number of allylic oxidation sites excluding steroid dienone is 3. The van der Waals surface area contributed by atoms with E-state index in [0.29, 0.717) is 55.2 Å². The molecule has 0 aromatic heterocycles. The Morgan fingerprint density at radius 3 is 1.65 bits per heavy atom. The van der Waals surface area contributed by atoms with Crippen molar-refractivity contribution >= 4 is 17.3 Å². The van der Waals surface area contributed by atoms with Crippen LogP contribution in [0.25, 0.3) is 0 Å². The van der Waals surface area contributed by atoms with Crippen molar-refractivity contribution in [1.29, 1.82) is 0 Å². The molecule has 3 fully saturated rings. The minimum atomic E-state index is -1.34. The Morgan fingerprint density at radius 1 is 0.653 bits per heavy atom. The first-order chi connectivity index (χ1) is 23.6. The summed E-state index contributed by atoms with van der Waals surface area (Å²) in [5, 5.41) is 22.6. The first-order valence-corrected chi connectivity index (χ1v) is 18.8. The van der Waals surface area contributed by atoms with Crippen molar-refractivity contribution in [2.45, 2.75) is 133 Å². The zero-order chi connectivity index (χ0) is 34.6. The molecule has 2 N–H and O–H groups in total. The van der Waals surface area contributed by atoms with Crippen molar-refractivity contribution in [1.82, 2.24) is 0 Å². The molecule has 3 saturated carbocycles. The van der Waals surface area contributed by atoms with Crippen LogP contribution in [-0.4, -0.2) is 51.5 Å². The standard InChI is InChI=1S/C43H54O6/c1-30-35(28-31-14-18-34(19-15-31)39(45)43(49-2)26-10-5-11-27-43)20-21-36(37(30)40(46)42(48)24-8-4-9-25-42)29-32-12-16-33(17-13-32)38(44)41(47)22-6-3-7-23-41/h12-21,30,35,47-48H,3-11,22-29H2,1-2H3. The maximum Gasteiger partial charge on any atom is 0.194 e. The van der Waals surface area contributed by atoms with Gasteiger partial charge >= 0.3 is 0 Å². The molecule has 4 aliphatic carbocycles. The Labute approximate surface area is 292 Å². The molecular weight excluding hydrogens is 612 g/mol. The largest absolute Gasteiger partial charge is 0.382 e. The Hall–Kier alpha value is -3.19. The van der Waals surface area contributed by atoms with Crippen LogP contribution < -0.4 is 0 Å². The third kappa shape index (κ3) is 7.48. The molecule has 0 amide bonds. The van der Waals surface area contributed by atoms with Crippen molar-refractivity contribution in [3.63, 3.8) is 0 Å². The molecule has 0 radical (unpaired) electrons. The normalized spacial score (nSPS) is 24.7. The number of ketones is 3. The highest BCUT2D eigenvalue weighted by atomic mass is 16.5. The van der Waals surface area contributed by atoms with Gasteiger partial charge in [0, 0.05) is 23.8 Å². The summed E-state index contributed by atoms with van der Waals surface area (Å²) in [6.45, 7) is 2.10. The number of carbonyl (C=O) groups excluding carboxylic acids is 3. The van der Waals surface area contributed by atoms with Crippen molar-refractivity contribution in [3.8, 4) is 0 Å². The molecule has 49 heavy (non-hydrogen) atoms. The van der Waals surface area contributed by atoms with E-state index in [9.17, 15) is 24.6 Å². The number of rotatable bonds is 11. The second kappa shape index (κ2) is 15.0. The predicted octanol–water partition coefficient (Wildman–Crippen LogP) is 8.26. The van der Waals surface area contributed by atoms with Crippen LogP contribution in [-0.2, 0) is 22.4 Å². The fraction of sp³-hybridized carbons (Fsp3) is 0.558. The average molecular weight is 667 g/mol. The number of ether oxygens (including phenoxy) is 1. The molecule has 0 heterocycles. The summed E-state index contributed by atoms with van der Waals surface area (Å²) in [5.74, 6) is -0.340. The van der Waals surface area contributed by atoms with E-state index in [1.165, 1.54) is 0 Å². The van der Waals surface area contributed by atoms with Gasteiger partial charge in [0.05, 0.1) is 0 Å². The first kappa shape index (κ1) is 35.6. The second-order valence-corrected chi connectivity index (χ2v) is 15.5. The molecule has 0 bridgehead atoms. The molecule has 2 aromatic rings. The zero-order valence-corrected chi connectivity index (χ0v) is 29.5. The third-order valence-corrected chi connectivity index (χ3v) is 12.2. The first-order valence-electron chi connectivity index (χ1n) is 18.8. The van der Waals surface area contributed by atoms with Gasteiger partial charge in [-0.3, -0.25) is 14.4 Å². The van der Waals surface area contributed by atoms with Gasteiger partial charge in [-0.1, -0.05) is 125 Å². The maximum absolute atomic E-state index is 14.3. The van der Waals surface area contributed by atoms with Gasteiger partial charge in [-0.2, -0.15) is 0 Å². The second-order valence-electron chi connectivity index (χ2n) is 15.5. The number of hydrogen-bond donors (Lipinski definition) is 2. The van der Waals surface area contributed by atoms with Gasteiger partial charge in [0.25, 0.3) is 0 Å². The minimum absolute atomic E-state index is 0.0522. The summed E-state index contributed by atoms with van der Waals surface area (Å²) in [6, 6.07) is 15.4. The number of aliphatic hydroxyl groups is 2. The number of benzene rings is 2. The molecule has 0 aliphatic heterocycles. The van der Waals surface area contributed by atoms with Gasteiger partial charge in [0.15, 0.2) is 17.3 Å². The number of carbonyl (C=O) groups is 3. The van der Waals surface area contributed by atoms with E-state index >= 15 is 0 Å². The van der Waals surface area contributed by atoms with Gasteiger partial charge in [-0.25, -0.2) is 0 Å². The summed E-state index contributed by atoms with van der Waals surface area (Å²) >= 11 is 0. The molecule has 262 valence electrons. The number of methoxy groups -OCH3 is 1. The van der Waals surface area contributed by atoms with E-state index in [-0.39, 0.29) is 29.2 Å². The Bertz CT molecular complexity index is 1560. The van der Waals surface area contributed by atoms with Crippen LogP contribution in [0.3, 0.4) is 0 Å². The van der Waals surface area contributed by atoms with Crippen molar-refractivity contribution in [2.24, 2.45) is 11.8 Å². The fourth-order valence-electron chi connectivity index (χ4n) is 8.97. The highest BCUT2D eigenvalue weighted by Crippen LogP contribution is 2.40. The van der Waals surface area contributed by atoms with Crippen LogP contribution in [0.2, 0.25) is 0 Å². The lowest BCUT2D eigenvalue weighted by molar-refractivity contribution is -0.137.